The maximum atomic E-state index is 13.0. The second-order valence-electron chi connectivity index (χ2n) is 7.70. The number of Topliss-reactive ketones (excluding diaryl/α,β-unsaturated/α-hetero) is 1. The highest BCUT2D eigenvalue weighted by Gasteiger charge is 2.25. The summed E-state index contributed by atoms with van der Waals surface area (Å²) in [6, 6.07) is 2.16. The van der Waals surface area contributed by atoms with E-state index in [0.29, 0.717) is 16.6 Å². The molecule has 4 N–H and O–H groups in total. The van der Waals surface area contributed by atoms with Crippen LogP contribution in [0.15, 0.2) is 18.5 Å². The van der Waals surface area contributed by atoms with Gasteiger partial charge in [-0.05, 0) is 31.7 Å². The van der Waals surface area contributed by atoms with Gasteiger partial charge >= 0.3 is 0 Å². The van der Waals surface area contributed by atoms with Crippen molar-refractivity contribution in [2.24, 2.45) is 5.73 Å². The number of nitrogens with two attached hydrogens (primary N) is 2. The number of nitrogen functional groups attached to an aromatic ring is 1. The highest BCUT2D eigenvalue weighted by Crippen LogP contribution is 2.38. The van der Waals surface area contributed by atoms with Gasteiger partial charge in [0.1, 0.15) is 10.7 Å². The summed E-state index contributed by atoms with van der Waals surface area (Å²) in [7, 11) is 0. The number of ketones is 1. The van der Waals surface area contributed by atoms with Crippen LogP contribution in [0, 0.1) is 0 Å². The number of thiazole rings is 1. The molecule has 2 fully saturated rings. The fraction of sp³-hybridized carbons (Fsp3) is 0.550. The Balaban J connectivity index is 1.53. The summed E-state index contributed by atoms with van der Waals surface area (Å²) in [6.45, 7) is 1.78. The summed E-state index contributed by atoms with van der Waals surface area (Å²) in [5, 5.41) is 1.58. The molecular weight excluding hydrogens is 358 g/mol. The van der Waals surface area contributed by atoms with Crippen LogP contribution >= 0.6 is 11.3 Å². The first-order valence-electron chi connectivity index (χ1n) is 9.84. The number of carbonyl (C=O) groups excluding carboxylic acids is 1. The molecule has 2 aromatic heterocycles. The summed E-state index contributed by atoms with van der Waals surface area (Å²) in [4.78, 5) is 24.1. The molecule has 2 aliphatic rings. The number of nitrogens with zero attached hydrogens (tertiary/aromatic N) is 3. The zero-order valence-electron chi connectivity index (χ0n) is 15.6. The Labute approximate surface area is 164 Å². The van der Waals surface area contributed by atoms with E-state index in [1.165, 1.54) is 24.2 Å². The van der Waals surface area contributed by atoms with Gasteiger partial charge in [-0.3, -0.25) is 9.78 Å². The number of hydrogen-bond acceptors (Lipinski definition) is 7. The van der Waals surface area contributed by atoms with Crippen LogP contribution in [-0.4, -0.2) is 34.9 Å². The predicted octanol–water partition coefficient (Wildman–Crippen LogP) is 3.13. The van der Waals surface area contributed by atoms with E-state index in [9.17, 15) is 4.79 Å². The standard InChI is InChI=1S/C20H27N5OS/c21-15-6-3-9-25(12-15)16-7-8-23-11-14(16)10-17(26)18-19(22)27-20(24-18)13-4-1-2-5-13/h7-8,11,13,15H,1-6,9-10,12,21-22H2. The van der Waals surface area contributed by atoms with Gasteiger partial charge in [-0.25, -0.2) is 4.98 Å². The summed E-state index contributed by atoms with van der Waals surface area (Å²) in [5.41, 5.74) is 14.7. The fourth-order valence-corrected chi connectivity index (χ4v) is 5.27. The molecule has 4 rings (SSSR count). The Morgan fingerprint density at radius 2 is 2.07 bits per heavy atom. The molecule has 0 spiro atoms. The van der Waals surface area contributed by atoms with Crippen molar-refractivity contribution in [2.45, 2.75) is 56.9 Å². The van der Waals surface area contributed by atoms with Gasteiger partial charge in [0.05, 0.1) is 5.01 Å². The van der Waals surface area contributed by atoms with Crippen LogP contribution in [0.25, 0.3) is 0 Å². The van der Waals surface area contributed by atoms with E-state index in [1.807, 2.05) is 6.07 Å². The Morgan fingerprint density at radius 3 is 2.85 bits per heavy atom. The number of carbonyl (C=O) groups is 1. The van der Waals surface area contributed by atoms with Crippen LogP contribution in [0.4, 0.5) is 10.7 Å². The maximum absolute atomic E-state index is 13.0. The quantitative estimate of drug-likeness (QED) is 0.767. The van der Waals surface area contributed by atoms with E-state index in [0.717, 1.165) is 55.0 Å². The summed E-state index contributed by atoms with van der Waals surface area (Å²) >= 11 is 1.49. The van der Waals surface area contributed by atoms with Gasteiger partial charge in [0.15, 0.2) is 5.78 Å². The van der Waals surface area contributed by atoms with E-state index < -0.39 is 0 Å². The third-order valence-electron chi connectivity index (χ3n) is 5.67. The molecule has 6 nitrogen and oxygen atoms in total. The molecule has 1 saturated heterocycles. The lowest BCUT2D eigenvalue weighted by Crippen LogP contribution is -2.43. The molecule has 0 aromatic carbocycles. The summed E-state index contributed by atoms with van der Waals surface area (Å²) in [5.74, 6) is 0.450. The van der Waals surface area contributed by atoms with Crippen LogP contribution in [0.5, 0.6) is 0 Å². The molecule has 1 saturated carbocycles. The average Bonchev–Trinajstić information content (AvgIpc) is 3.31. The molecule has 3 heterocycles. The molecule has 2 aromatic rings. The van der Waals surface area contributed by atoms with Gasteiger partial charge in [-0.2, -0.15) is 0 Å². The fourth-order valence-electron chi connectivity index (χ4n) is 4.25. The number of rotatable bonds is 5. The first kappa shape index (κ1) is 18.4. The van der Waals surface area contributed by atoms with Gasteiger partial charge in [-0.1, -0.05) is 12.8 Å². The lowest BCUT2D eigenvalue weighted by molar-refractivity contribution is 0.0989. The molecule has 1 unspecified atom stereocenters. The Morgan fingerprint density at radius 1 is 1.26 bits per heavy atom. The van der Waals surface area contributed by atoms with Crippen molar-refractivity contribution in [3.05, 3.63) is 34.7 Å². The number of aromatic nitrogens is 2. The maximum Gasteiger partial charge on any atom is 0.188 e. The van der Waals surface area contributed by atoms with Crippen LogP contribution in [0.3, 0.4) is 0 Å². The zero-order valence-corrected chi connectivity index (χ0v) is 16.4. The molecule has 1 atom stereocenters. The summed E-state index contributed by atoms with van der Waals surface area (Å²) in [6.07, 6.45) is 10.7. The molecule has 144 valence electrons. The van der Waals surface area contributed by atoms with Crippen molar-refractivity contribution in [1.82, 2.24) is 9.97 Å². The van der Waals surface area contributed by atoms with Gasteiger partial charge < -0.3 is 16.4 Å². The van der Waals surface area contributed by atoms with Crippen molar-refractivity contribution < 1.29 is 4.79 Å². The Bertz CT molecular complexity index is 814. The second kappa shape index (κ2) is 7.94. The van der Waals surface area contributed by atoms with Gasteiger partial charge in [0, 0.05) is 55.1 Å². The number of pyridine rings is 1. The summed E-state index contributed by atoms with van der Waals surface area (Å²) < 4.78 is 0. The Kier molecular flexibility index (Phi) is 5.41. The smallest absolute Gasteiger partial charge is 0.188 e. The van der Waals surface area contributed by atoms with Crippen molar-refractivity contribution in [3.63, 3.8) is 0 Å². The highest BCUT2D eigenvalue weighted by atomic mass is 32.1. The topological polar surface area (TPSA) is 98.1 Å². The van der Waals surface area contributed by atoms with E-state index in [-0.39, 0.29) is 18.2 Å². The van der Waals surface area contributed by atoms with E-state index in [1.54, 1.807) is 12.4 Å². The van der Waals surface area contributed by atoms with Gasteiger partial charge in [-0.15, -0.1) is 11.3 Å². The lowest BCUT2D eigenvalue weighted by atomic mass is 10.0. The average molecular weight is 386 g/mol. The SMILES string of the molecule is Nc1sc(C2CCCC2)nc1C(=O)Cc1cnccc1N1CCCC(N)C1. The van der Waals surface area contributed by atoms with Crippen LogP contribution in [0.1, 0.15) is 65.5 Å². The van der Waals surface area contributed by atoms with Crippen molar-refractivity contribution in [2.75, 3.05) is 23.7 Å². The number of piperidine rings is 1. The molecular formula is C20H27N5OS. The molecule has 7 heteroatoms. The predicted molar refractivity (Wildman–Crippen MR) is 109 cm³/mol. The van der Waals surface area contributed by atoms with Crippen LogP contribution in [0.2, 0.25) is 0 Å². The van der Waals surface area contributed by atoms with E-state index >= 15 is 0 Å². The zero-order chi connectivity index (χ0) is 18.8. The normalized spacial score (nSPS) is 20.9. The van der Waals surface area contributed by atoms with E-state index in [4.69, 9.17) is 11.5 Å². The Hall–Kier alpha value is -1.99. The number of anilines is 2. The first-order valence-corrected chi connectivity index (χ1v) is 10.7. The highest BCUT2D eigenvalue weighted by molar-refractivity contribution is 7.16. The first-order chi connectivity index (χ1) is 13.1. The molecule has 0 amide bonds. The largest absolute Gasteiger partial charge is 0.389 e. The van der Waals surface area contributed by atoms with Crippen molar-refractivity contribution >= 4 is 27.8 Å². The van der Waals surface area contributed by atoms with Crippen LogP contribution < -0.4 is 16.4 Å². The van der Waals surface area contributed by atoms with Crippen molar-refractivity contribution in [3.8, 4) is 0 Å². The molecule has 0 radical (unpaired) electrons. The molecule has 1 aliphatic carbocycles. The minimum absolute atomic E-state index is 0.0245. The second-order valence-corrected chi connectivity index (χ2v) is 8.76. The monoisotopic (exact) mass is 385 g/mol. The molecule has 1 aliphatic heterocycles. The van der Waals surface area contributed by atoms with Crippen LogP contribution in [-0.2, 0) is 6.42 Å². The third-order valence-corrected chi connectivity index (χ3v) is 6.71. The third kappa shape index (κ3) is 3.99. The minimum atomic E-state index is -0.0245. The minimum Gasteiger partial charge on any atom is -0.389 e. The van der Waals surface area contributed by atoms with E-state index in [2.05, 4.69) is 14.9 Å². The van der Waals surface area contributed by atoms with Crippen molar-refractivity contribution in [1.29, 1.82) is 0 Å². The van der Waals surface area contributed by atoms with Gasteiger partial charge in [0.25, 0.3) is 0 Å². The molecule has 27 heavy (non-hydrogen) atoms. The van der Waals surface area contributed by atoms with Gasteiger partial charge in [0.2, 0.25) is 0 Å². The number of hydrogen-bond donors (Lipinski definition) is 2. The lowest BCUT2D eigenvalue weighted by Gasteiger charge is -2.33. The molecule has 0 bridgehead atoms.